The van der Waals surface area contributed by atoms with Gasteiger partial charge in [-0.25, -0.2) is 4.98 Å². The fourth-order valence-electron chi connectivity index (χ4n) is 2.20. The highest BCUT2D eigenvalue weighted by Crippen LogP contribution is 2.34. The van der Waals surface area contributed by atoms with Gasteiger partial charge in [0.05, 0.1) is 18.4 Å². The topological polar surface area (TPSA) is 82.4 Å². The number of amides is 1. The minimum absolute atomic E-state index is 0.0381. The molecule has 3 rings (SSSR count). The van der Waals surface area contributed by atoms with Crippen LogP contribution in [0.25, 0.3) is 0 Å². The number of benzene rings is 1. The summed E-state index contributed by atoms with van der Waals surface area (Å²) in [7, 11) is 1.62. The molecule has 0 atom stereocenters. The number of fused-ring (bicyclic) bond motifs is 1. The lowest BCUT2D eigenvalue weighted by atomic mass is 10.2. The van der Waals surface area contributed by atoms with E-state index in [1.807, 2.05) is 0 Å². The first kappa shape index (κ1) is 14.1. The van der Waals surface area contributed by atoms with Crippen LogP contribution in [0, 0.1) is 6.92 Å². The Morgan fingerprint density at radius 2 is 2.14 bits per heavy atom. The first-order valence-corrected chi connectivity index (χ1v) is 6.75. The first-order chi connectivity index (χ1) is 10.5. The Morgan fingerprint density at radius 1 is 1.36 bits per heavy atom. The normalized spacial score (nSPS) is 12.3. The summed E-state index contributed by atoms with van der Waals surface area (Å²) in [5, 5.41) is 2.76. The molecule has 0 radical (unpaired) electrons. The van der Waals surface area contributed by atoms with E-state index >= 15 is 0 Å². The molecule has 7 nitrogen and oxygen atoms in total. The third kappa shape index (κ3) is 2.65. The molecule has 1 aliphatic rings. The molecule has 1 aromatic carbocycles. The van der Waals surface area contributed by atoms with Gasteiger partial charge in [0.15, 0.2) is 11.5 Å². The zero-order valence-electron chi connectivity index (χ0n) is 12.3. The number of carbonyl (C=O) groups is 1. The van der Waals surface area contributed by atoms with E-state index < -0.39 is 0 Å². The molecule has 0 saturated carbocycles. The average Bonchev–Trinajstić information content (AvgIpc) is 2.95. The van der Waals surface area contributed by atoms with Crippen molar-refractivity contribution < 1.29 is 14.3 Å². The molecule has 1 N–H and O–H groups in total. The van der Waals surface area contributed by atoms with Crippen LogP contribution in [0.3, 0.4) is 0 Å². The van der Waals surface area contributed by atoms with E-state index in [4.69, 9.17) is 9.47 Å². The van der Waals surface area contributed by atoms with Gasteiger partial charge < -0.3 is 19.4 Å². The maximum Gasteiger partial charge on any atom is 0.256 e. The van der Waals surface area contributed by atoms with E-state index in [0.29, 0.717) is 28.4 Å². The van der Waals surface area contributed by atoms with Crippen LogP contribution in [-0.4, -0.2) is 22.3 Å². The van der Waals surface area contributed by atoms with Crippen LogP contribution in [0.5, 0.6) is 11.5 Å². The molecule has 2 heterocycles. The minimum Gasteiger partial charge on any atom is -0.454 e. The van der Waals surface area contributed by atoms with Crippen molar-refractivity contribution in [2.45, 2.75) is 13.3 Å². The zero-order chi connectivity index (χ0) is 15.7. The second-order valence-electron chi connectivity index (χ2n) is 5.03. The lowest BCUT2D eigenvalue weighted by Crippen LogP contribution is -2.24. The molecule has 0 aliphatic carbocycles. The molecule has 0 unspecified atom stereocenters. The Morgan fingerprint density at radius 3 is 2.95 bits per heavy atom. The number of aryl methyl sites for hydroxylation is 1. The van der Waals surface area contributed by atoms with Crippen LogP contribution in [0.4, 0.5) is 5.69 Å². The van der Waals surface area contributed by atoms with Crippen molar-refractivity contribution in [2.75, 3.05) is 12.1 Å². The number of ether oxygens (including phenoxy) is 2. The second kappa shape index (κ2) is 5.51. The number of hydrogen-bond donors (Lipinski definition) is 1. The Hall–Kier alpha value is -2.83. The van der Waals surface area contributed by atoms with E-state index in [1.165, 1.54) is 10.9 Å². The monoisotopic (exact) mass is 301 g/mol. The number of nitrogens with one attached hydrogen (secondary N) is 1. The third-order valence-electron chi connectivity index (χ3n) is 3.45. The standard InChI is InChI=1S/C15H15N3O4/c1-9-11(16-7-18(2)15(9)20)6-14(19)17-10-3-4-12-13(5-10)22-8-21-12/h3-5,7H,6,8H2,1-2H3,(H,17,19). The van der Waals surface area contributed by atoms with Gasteiger partial charge in [-0.3, -0.25) is 9.59 Å². The molecule has 1 amide bonds. The Balaban J connectivity index is 1.73. The van der Waals surface area contributed by atoms with Crippen molar-refractivity contribution in [3.05, 3.63) is 46.1 Å². The van der Waals surface area contributed by atoms with Crippen molar-refractivity contribution in [1.82, 2.24) is 9.55 Å². The molecular weight excluding hydrogens is 286 g/mol. The quantitative estimate of drug-likeness (QED) is 0.914. The van der Waals surface area contributed by atoms with Gasteiger partial charge in [-0.1, -0.05) is 0 Å². The van der Waals surface area contributed by atoms with E-state index in [9.17, 15) is 9.59 Å². The van der Waals surface area contributed by atoms with Gasteiger partial charge in [0, 0.05) is 24.4 Å². The number of hydrogen-bond acceptors (Lipinski definition) is 5. The molecule has 7 heteroatoms. The van der Waals surface area contributed by atoms with Gasteiger partial charge in [0.25, 0.3) is 5.56 Å². The molecule has 0 saturated heterocycles. The highest BCUT2D eigenvalue weighted by atomic mass is 16.7. The number of anilines is 1. The molecule has 114 valence electrons. The average molecular weight is 301 g/mol. The fourth-order valence-corrected chi connectivity index (χ4v) is 2.20. The summed E-state index contributed by atoms with van der Waals surface area (Å²) < 4.78 is 11.9. The van der Waals surface area contributed by atoms with Crippen molar-refractivity contribution >= 4 is 11.6 Å². The molecular formula is C15H15N3O4. The van der Waals surface area contributed by atoms with Crippen molar-refractivity contribution in [1.29, 1.82) is 0 Å². The Labute approximate surface area is 126 Å². The lowest BCUT2D eigenvalue weighted by Gasteiger charge is -2.08. The molecule has 1 aromatic heterocycles. The Bertz CT molecular complexity index is 798. The maximum absolute atomic E-state index is 12.1. The van der Waals surface area contributed by atoms with Crippen LogP contribution in [0.15, 0.2) is 29.3 Å². The largest absolute Gasteiger partial charge is 0.454 e. The highest BCUT2D eigenvalue weighted by molar-refractivity contribution is 5.92. The minimum atomic E-state index is -0.247. The molecule has 2 aromatic rings. The molecule has 22 heavy (non-hydrogen) atoms. The van der Waals surface area contributed by atoms with Gasteiger partial charge >= 0.3 is 0 Å². The summed E-state index contributed by atoms with van der Waals surface area (Å²) in [5.74, 6) is 1.01. The molecule has 1 aliphatic heterocycles. The summed E-state index contributed by atoms with van der Waals surface area (Å²) >= 11 is 0. The van der Waals surface area contributed by atoms with E-state index in [2.05, 4.69) is 10.3 Å². The summed E-state index contributed by atoms with van der Waals surface area (Å²) in [6, 6.07) is 5.17. The predicted molar refractivity (Wildman–Crippen MR) is 79.1 cm³/mol. The van der Waals surface area contributed by atoms with Crippen LogP contribution >= 0.6 is 0 Å². The summed E-state index contributed by atoms with van der Waals surface area (Å²) in [5.41, 5.74) is 1.41. The van der Waals surface area contributed by atoms with Crippen molar-refractivity contribution in [2.24, 2.45) is 7.05 Å². The van der Waals surface area contributed by atoms with Crippen molar-refractivity contribution in [3.8, 4) is 11.5 Å². The SMILES string of the molecule is Cc1c(CC(=O)Nc2ccc3c(c2)OCO3)ncn(C)c1=O. The number of rotatable bonds is 3. The van der Waals surface area contributed by atoms with Crippen LogP contribution < -0.4 is 20.3 Å². The number of aromatic nitrogens is 2. The smallest absolute Gasteiger partial charge is 0.256 e. The predicted octanol–water partition coefficient (Wildman–Crippen LogP) is 0.999. The second-order valence-corrected chi connectivity index (χ2v) is 5.03. The van der Waals surface area contributed by atoms with Crippen molar-refractivity contribution in [3.63, 3.8) is 0 Å². The van der Waals surface area contributed by atoms with E-state index in [0.717, 1.165) is 0 Å². The molecule has 0 fully saturated rings. The van der Waals surface area contributed by atoms with Crippen LogP contribution in [0.2, 0.25) is 0 Å². The summed E-state index contributed by atoms with van der Waals surface area (Å²) in [4.78, 5) is 28.1. The van der Waals surface area contributed by atoms with E-state index in [-0.39, 0.29) is 24.7 Å². The number of nitrogens with zero attached hydrogens (tertiary/aromatic N) is 2. The van der Waals surface area contributed by atoms with Gasteiger partial charge in [-0.05, 0) is 19.1 Å². The maximum atomic E-state index is 12.1. The molecule has 0 bridgehead atoms. The summed E-state index contributed by atoms with van der Waals surface area (Å²) in [6.07, 6.45) is 1.45. The highest BCUT2D eigenvalue weighted by Gasteiger charge is 2.15. The van der Waals surface area contributed by atoms with Crippen LogP contribution in [0.1, 0.15) is 11.3 Å². The van der Waals surface area contributed by atoms with E-state index in [1.54, 1.807) is 32.2 Å². The van der Waals surface area contributed by atoms with Gasteiger partial charge in [0.2, 0.25) is 12.7 Å². The van der Waals surface area contributed by atoms with Gasteiger partial charge in [0.1, 0.15) is 0 Å². The zero-order valence-corrected chi connectivity index (χ0v) is 12.3. The fraction of sp³-hybridized carbons (Fsp3) is 0.267. The molecule has 0 spiro atoms. The van der Waals surface area contributed by atoms with Gasteiger partial charge in [-0.15, -0.1) is 0 Å². The third-order valence-corrected chi connectivity index (χ3v) is 3.45. The van der Waals surface area contributed by atoms with Crippen LogP contribution in [-0.2, 0) is 18.3 Å². The number of carbonyl (C=O) groups excluding carboxylic acids is 1. The Kier molecular flexibility index (Phi) is 3.54. The summed E-state index contributed by atoms with van der Waals surface area (Å²) in [6.45, 7) is 1.85. The first-order valence-electron chi connectivity index (χ1n) is 6.75. The lowest BCUT2D eigenvalue weighted by molar-refractivity contribution is -0.115. The van der Waals surface area contributed by atoms with Gasteiger partial charge in [-0.2, -0.15) is 0 Å².